The molecule has 0 radical (unpaired) electrons. The van der Waals surface area contributed by atoms with Gasteiger partial charge in [-0.2, -0.15) is 4.98 Å². The number of aliphatic hydroxyl groups excluding tert-OH is 1. The second-order valence-corrected chi connectivity index (χ2v) is 5.13. The average molecular weight is 237 g/mol. The predicted octanol–water partition coefficient (Wildman–Crippen LogP) is 1.69. The first kappa shape index (κ1) is 11.0. The molecule has 0 bridgehead atoms. The lowest BCUT2D eigenvalue weighted by Gasteiger charge is -2.22. The van der Waals surface area contributed by atoms with Crippen LogP contribution in [-0.4, -0.2) is 34.4 Å². The van der Waals surface area contributed by atoms with Gasteiger partial charge in [0.05, 0.1) is 6.10 Å². The Morgan fingerprint density at radius 3 is 2.53 bits per heavy atom. The Balaban J connectivity index is 1.67. The summed E-state index contributed by atoms with van der Waals surface area (Å²) < 4.78 is 5.37. The highest BCUT2D eigenvalue weighted by molar-refractivity contribution is 5.29. The third-order valence-corrected chi connectivity index (χ3v) is 3.87. The van der Waals surface area contributed by atoms with Crippen LogP contribution in [0.2, 0.25) is 0 Å². The van der Waals surface area contributed by atoms with Gasteiger partial charge in [-0.25, -0.2) is 0 Å². The van der Waals surface area contributed by atoms with Gasteiger partial charge in [-0.05, 0) is 43.7 Å². The fourth-order valence-corrected chi connectivity index (χ4v) is 2.76. The fraction of sp³-hybridized carbons (Fsp3) is 0.833. The van der Waals surface area contributed by atoms with E-state index in [1.54, 1.807) is 0 Å². The number of nitrogens with zero attached hydrogens (tertiary/aromatic N) is 3. The summed E-state index contributed by atoms with van der Waals surface area (Å²) in [6.07, 6.45) is 5.94. The molecule has 0 atom stereocenters. The predicted molar refractivity (Wildman–Crippen MR) is 63.0 cm³/mol. The van der Waals surface area contributed by atoms with E-state index in [1.807, 2.05) is 0 Å². The number of aliphatic hydroxyl groups is 1. The van der Waals surface area contributed by atoms with Crippen molar-refractivity contribution in [3.8, 4) is 0 Å². The van der Waals surface area contributed by atoms with Crippen molar-refractivity contribution in [3.05, 3.63) is 5.89 Å². The van der Waals surface area contributed by atoms with Gasteiger partial charge >= 0.3 is 0 Å². The van der Waals surface area contributed by atoms with E-state index in [2.05, 4.69) is 15.0 Å². The molecule has 1 aromatic rings. The number of aromatic nitrogens is 2. The molecule has 0 amide bonds. The SMILES string of the molecule is OC1CCC(c2nc(N3CCCC3)no2)CC1. The molecule has 2 heterocycles. The molecule has 1 N–H and O–H groups in total. The van der Waals surface area contributed by atoms with Crippen molar-refractivity contribution in [1.82, 2.24) is 10.1 Å². The van der Waals surface area contributed by atoms with E-state index in [0.717, 1.165) is 50.6 Å². The molecule has 5 heteroatoms. The van der Waals surface area contributed by atoms with Crippen LogP contribution in [0.1, 0.15) is 50.3 Å². The van der Waals surface area contributed by atoms with E-state index < -0.39 is 0 Å². The lowest BCUT2D eigenvalue weighted by Crippen LogP contribution is -2.19. The third kappa shape index (κ3) is 2.29. The molecule has 2 aliphatic rings. The minimum atomic E-state index is -0.132. The van der Waals surface area contributed by atoms with Crippen LogP contribution < -0.4 is 4.90 Å². The molecule has 0 spiro atoms. The molecule has 1 aliphatic heterocycles. The van der Waals surface area contributed by atoms with Crippen LogP contribution in [0.5, 0.6) is 0 Å². The first-order valence-corrected chi connectivity index (χ1v) is 6.59. The first-order valence-electron chi connectivity index (χ1n) is 6.59. The fourth-order valence-electron chi connectivity index (χ4n) is 2.76. The molecule has 0 aromatic carbocycles. The van der Waals surface area contributed by atoms with Gasteiger partial charge in [0.15, 0.2) is 0 Å². The number of hydrogen-bond donors (Lipinski definition) is 1. The summed E-state index contributed by atoms with van der Waals surface area (Å²) in [5.74, 6) is 1.87. The van der Waals surface area contributed by atoms with Crippen LogP contribution in [0.25, 0.3) is 0 Å². The topological polar surface area (TPSA) is 62.4 Å². The molecular formula is C12H19N3O2. The number of hydrogen-bond acceptors (Lipinski definition) is 5. The molecule has 1 saturated heterocycles. The van der Waals surface area contributed by atoms with Crippen molar-refractivity contribution in [3.63, 3.8) is 0 Å². The molecule has 1 aliphatic carbocycles. The average Bonchev–Trinajstić information content (AvgIpc) is 3.00. The highest BCUT2D eigenvalue weighted by atomic mass is 16.5. The second-order valence-electron chi connectivity index (χ2n) is 5.13. The lowest BCUT2D eigenvalue weighted by atomic mass is 9.87. The van der Waals surface area contributed by atoms with E-state index in [-0.39, 0.29) is 6.10 Å². The van der Waals surface area contributed by atoms with Crippen LogP contribution in [0.15, 0.2) is 4.52 Å². The normalized spacial score (nSPS) is 29.8. The van der Waals surface area contributed by atoms with Crippen molar-refractivity contribution in [2.75, 3.05) is 18.0 Å². The molecule has 5 nitrogen and oxygen atoms in total. The highest BCUT2D eigenvalue weighted by Crippen LogP contribution is 2.32. The maximum atomic E-state index is 9.48. The van der Waals surface area contributed by atoms with Crippen molar-refractivity contribution >= 4 is 5.95 Å². The Bertz CT molecular complexity index is 366. The minimum Gasteiger partial charge on any atom is -0.393 e. The zero-order valence-corrected chi connectivity index (χ0v) is 10.0. The summed E-state index contributed by atoms with van der Waals surface area (Å²) in [6.45, 7) is 2.09. The molecule has 3 rings (SSSR count). The maximum absolute atomic E-state index is 9.48. The summed E-state index contributed by atoms with van der Waals surface area (Å²) in [5.41, 5.74) is 0. The van der Waals surface area contributed by atoms with Gasteiger partial charge in [0.1, 0.15) is 0 Å². The summed E-state index contributed by atoms with van der Waals surface area (Å²) in [5, 5.41) is 13.5. The quantitative estimate of drug-likeness (QED) is 0.848. The lowest BCUT2D eigenvalue weighted by molar-refractivity contribution is 0.116. The molecule has 0 unspecified atom stereocenters. The number of anilines is 1. The smallest absolute Gasteiger partial charge is 0.266 e. The van der Waals surface area contributed by atoms with Crippen molar-refractivity contribution in [1.29, 1.82) is 0 Å². The summed E-state index contributed by atoms with van der Waals surface area (Å²) in [4.78, 5) is 6.69. The standard InChI is InChI=1S/C12H19N3O2/c16-10-5-3-9(4-6-10)11-13-12(14-17-11)15-7-1-2-8-15/h9-10,16H,1-8H2. The second kappa shape index (κ2) is 4.64. The van der Waals surface area contributed by atoms with Crippen LogP contribution in [0, 0.1) is 0 Å². The van der Waals surface area contributed by atoms with Crippen LogP contribution >= 0.6 is 0 Å². The Morgan fingerprint density at radius 1 is 1.12 bits per heavy atom. The molecular weight excluding hydrogens is 218 g/mol. The van der Waals surface area contributed by atoms with Crippen LogP contribution in [0.3, 0.4) is 0 Å². The Kier molecular flexibility index (Phi) is 3.01. The van der Waals surface area contributed by atoms with Crippen molar-refractivity contribution in [2.45, 2.75) is 50.5 Å². The van der Waals surface area contributed by atoms with Gasteiger partial charge in [-0.3, -0.25) is 0 Å². The zero-order chi connectivity index (χ0) is 11.7. The largest absolute Gasteiger partial charge is 0.393 e. The van der Waals surface area contributed by atoms with Gasteiger partial charge in [0.25, 0.3) is 5.95 Å². The van der Waals surface area contributed by atoms with Gasteiger partial charge < -0.3 is 14.5 Å². The summed E-state index contributed by atoms with van der Waals surface area (Å²) >= 11 is 0. The Hall–Kier alpha value is -1.10. The molecule has 17 heavy (non-hydrogen) atoms. The van der Waals surface area contributed by atoms with Crippen LogP contribution in [0.4, 0.5) is 5.95 Å². The van der Waals surface area contributed by atoms with Gasteiger partial charge in [0.2, 0.25) is 5.89 Å². The van der Waals surface area contributed by atoms with E-state index in [9.17, 15) is 5.11 Å². The Labute approximate surface area is 101 Å². The molecule has 1 aromatic heterocycles. The third-order valence-electron chi connectivity index (χ3n) is 3.87. The molecule has 2 fully saturated rings. The number of rotatable bonds is 2. The highest BCUT2D eigenvalue weighted by Gasteiger charge is 2.26. The summed E-state index contributed by atoms with van der Waals surface area (Å²) in [7, 11) is 0. The van der Waals surface area contributed by atoms with Crippen LogP contribution in [-0.2, 0) is 0 Å². The van der Waals surface area contributed by atoms with Crippen molar-refractivity contribution in [2.24, 2.45) is 0 Å². The van der Waals surface area contributed by atoms with Gasteiger partial charge in [-0.1, -0.05) is 0 Å². The van der Waals surface area contributed by atoms with Crippen molar-refractivity contribution < 1.29 is 9.63 Å². The molecule has 1 saturated carbocycles. The zero-order valence-electron chi connectivity index (χ0n) is 10.0. The first-order chi connectivity index (χ1) is 8.33. The van der Waals surface area contributed by atoms with Gasteiger partial charge in [-0.15, -0.1) is 0 Å². The van der Waals surface area contributed by atoms with E-state index in [0.29, 0.717) is 5.92 Å². The molecule has 94 valence electrons. The van der Waals surface area contributed by atoms with E-state index >= 15 is 0 Å². The summed E-state index contributed by atoms with van der Waals surface area (Å²) in [6, 6.07) is 0. The van der Waals surface area contributed by atoms with Gasteiger partial charge in [0, 0.05) is 19.0 Å². The Morgan fingerprint density at radius 2 is 1.82 bits per heavy atom. The van der Waals surface area contributed by atoms with E-state index in [1.165, 1.54) is 12.8 Å². The maximum Gasteiger partial charge on any atom is 0.266 e. The van der Waals surface area contributed by atoms with E-state index in [4.69, 9.17) is 4.52 Å². The minimum absolute atomic E-state index is 0.132. The monoisotopic (exact) mass is 237 g/mol.